The normalized spacial score (nSPS) is 16.2. The van der Waals surface area contributed by atoms with E-state index in [0.717, 1.165) is 24.0 Å². The summed E-state index contributed by atoms with van der Waals surface area (Å²) in [5, 5.41) is 2.95. The molecule has 1 saturated heterocycles. The maximum absolute atomic E-state index is 12.7. The van der Waals surface area contributed by atoms with E-state index in [0.29, 0.717) is 24.5 Å². The van der Waals surface area contributed by atoms with Gasteiger partial charge in [-0.1, -0.05) is 42.0 Å². The Morgan fingerprint density at radius 3 is 2.45 bits per heavy atom. The van der Waals surface area contributed by atoms with E-state index >= 15 is 0 Å². The first-order valence-corrected chi connectivity index (χ1v) is 11.4. The minimum atomic E-state index is -3.43. The lowest BCUT2D eigenvalue weighted by molar-refractivity contribution is -0.116. The number of piperidine rings is 1. The molecule has 2 aromatic rings. The number of carbonyl (C=O) groups is 1. The Balaban J connectivity index is 1.47. The SMILES string of the molecule is Cc1ccc(/C=C/C(=O)NCC2CCN(S(=O)(=O)c3ccccc3)CC2)c(C)c1. The third kappa shape index (κ3) is 5.55. The van der Waals surface area contributed by atoms with Gasteiger partial charge in [0.25, 0.3) is 0 Å². The van der Waals surface area contributed by atoms with Gasteiger partial charge >= 0.3 is 0 Å². The summed E-state index contributed by atoms with van der Waals surface area (Å²) in [4.78, 5) is 12.5. The minimum Gasteiger partial charge on any atom is -0.352 e. The Morgan fingerprint density at radius 1 is 1.10 bits per heavy atom. The van der Waals surface area contributed by atoms with E-state index in [1.165, 1.54) is 5.56 Å². The van der Waals surface area contributed by atoms with E-state index in [4.69, 9.17) is 0 Å². The third-order valence-electron chi connectivity index (χ3n) is 5.36. The first-order valence-electron chi connectivity index (χ1n) is 9.94. The molecule has 0 unspecified atom stereocenters. The van der Waals surface area contributed by atoms with Gasteiger partial charge in [-0.15, -0.1) is 0 Å². The predicted octanol–water partition coefficient (Wildman–Crippen LogP) is 3.53. The Bertz CT molecular complexity index is 976. The molecule has 154 valence electrons. The Kier molecular flexibility index (Phi) is 6.87. The number of benzene rings is 2. The van der Waals surface area contributed by atoms with Crippen molar-refractivity contribution in [2.24, 2.45) is 5.92 Å². The molecular weight excluding hydrogens is 384 g/mol. The average molecular weight is 413 g/mol. The Morgan fingerprint density at radius 2 is 1.79 bits per heavy atom. The molecule has 0 atom stereocenters. The molecule has 1 heterocycles. The van der Waals surface area contributed by atoms with Crippen molar-refractivity contribution in [2.45, 2.75) is 31.6 Å². The monoisotopic (exact) mass is 412 g/mol. The summed E-state index contributed by atoms with van der Waals surface area (Å²) < 4.78 is 26.9. The second-order valence-corrected chi connectivity index (χ2v) is 9.54. The molecule has 29 heavy (non-hydrogen) atoms. The largest absolute Gasteiger partial charge is 0.352 e. The van der Waals surface area contributed by atoms with Crippen LogP contribution in [0.2, 0.25) is 0 Å². The van der Waals surface area contributed by atoms with Crippen LogP contribution in [-0.4, -0.2) is 38.3 Å². The van der Waals surface area contributed by atoms with E-state index in [9.17, 15) is 13.2 Å². The van der Waals surface area contributed by atoms with Gasteiger partial charge in [-0.3, -0.25) is 4.79 Å². The maximum Gasteiger partial charge on any atom is 0.244 e. The number of amides is 1. The van der Waals surface area contributed by atoms with Gasteiger partial charge in [-0.25, -0.2) is 8.42 Å². The van der Waals surface area contributed by atoms with Crippen molar-refractivity contribution >= 4 is 22.0 Å². The number of sulfonamides is 1. The van der Waals surface area contributed by atoms with Gasteiger partial charge in [0.05, 0.1) is 4.90 Å². The molecule has 0 spiro atoms. The van der Waals surface area contributed by atoms with Gasteiger partial charge in [-0.05, 0) is 61.9 Å². The summed E-state index contributed by atoms with van der Waals surface area (Å²) >= 11 is 0. The third-order valence-corrected chi connectivity index (χ3v) is 7.27. The average Bonchev–Trinajstić information content (AvgIpc) is 2.72. The lowest BCUT2D eigenvalue weighted by atomic mass is 9.98. The predicted molar refractivity (Wildman–Crippen MR) is 116 cm³/mol. The molecule has 5 nitrogen and oxygen atoms in total. The summed E-state index contributed by atoms with van der Waals surface area (Å²) in [5.41, 5.74) is 3.37. The fourth-order valence-electron chi connectivity index (χ4n) is 3.58. The van der Waals surface area contributed by atoms with Crippen molar-refractivity contribution < 1.29 is 13.2 Å². The quantitative estimate of drug-likeness (QED) is 0.738. The number of hydrogen-bond donors (Lipinski definition) is 1. The van der Waals surface area contributed by atoms with E-state index in [1.54, 1.807) is 34.6 Å². The molecule has 3 rings (SSSR count). The van der Waals surface area contributed by atoms with Crippen molar-refractivity contribution in [1.29, 1.82) is 0 Å². The number of aryl methyl sites for hydroxylation is 2. The second-order valence-electron chi connectivity index (χ2n) is 7.60. The molecule has 1 aliphatic rings. The molecule has 6 heteroatoms. The van der Waals surface area contributed by atoms with Crippen molar-refractivity contribution in [3.63, 3.8) is 0 Å². The molecule has 1 N–H and O–H groups in total. The van der Waals surface area contributed by atoms with Crippen LogP contribution in [0.1, 0.15) is 29.5 Å². The number of carbonyl (C=O) groups excluding carboxylic acids is 1. The van der Waals surface area contributed by atoms with Crippen LogP contribution in [0.5, 0.6) is 0 Å². The Hall–Kier alpha value is -2.44. The topological polar surface area (TPSA) is 66.5 Å². The summed E-state index contributed by atoms with van der Waals surface area (Å²) in [6.07, 6.45) is 4.88. The van der Waals surface area contributed by atoms with E-state index < -0.39 is 10.0 Å². The van der Waals surface area contributed by atoms with Gasteiger partial charge in [0.15, 0.2) is 0 Å². The molecular formula is C23H28N2O3S. The maximum atomic E-state index is 12.7. The lowest BCUT2D eigenvalue weighted by Gasteiger charge is -2.31. The van der Waals surface area contributed by atoms with Crippen molar-refractivity contribution in [2.75, 3.05) is 19.6 Å². The van der Waals surface area contributed by atoms with Crippen LogP contribution in [0.4, 0.5) is 0 Å². The zero-order valence-electron chi connectivity index (χ0n) is 17.0. The highest BCUT2D eigenvalue weighted by atomic mass is 32.2. The highest BCUT2D eigenvalue weighted by Gasteiger charge is 2.29. The number of rotatable bonds is 6. The highest BCUT2D eigenvalue weighted by molar-refractivity contribution is 7.89. The summed E-state index contributed by atoms with van der Waals surface area (Å²) in [7, 11) is -3.43. The number of nitrogens with zero attached hydrogens (tertiary/aromatic N) is 1. The molecule has 2 aromatic carbocycles. The van der Waals surface area contributed by atoms with Gasteiger partial charge in [-0.2, -0.15) is 4.31 Å². The fraction of sp³-hybridized carbons (Fsp3) is 0.348. The van der Waals surface area contributed by atoms with Crippen LogP contribution < -0.4 is 5.32 Å². The van der Waals surface area contributed by atoms with Crippen LogP contribution >= 0.6 is 0 Å². The standard InChI is InChI=1S/C23H28N2O3S/c1-18-8-9-21(19(2)16-18)10-11-23(26)24-17-20-12-14-25(15-13-20)29(27,28)22-6-4-3-5-7-22/h3-11,16,20H,12-15,17H2,1-2H3,(H,24,26)/b11-10+. The van der Waals surface area contributed by atoms with Crippen LogP contribution in [-0.2, 0) is 14.8 Å². The first-order chi connectivity index (χ1) is 13.9. The lowest BCUT2D eigenvalue weighted by Crippen LogP contribution is -2.41. The molecule has 0 aliphatic carbocycles. The molecule has 0 radical (unpaired) electrons. The molecule has 1 aliphatic heterocycles. The molecule has 0 saturated carbocycles. The smallest absolute Gasteiger partial charge is 0.244 e. The zero-order valence-corrected chi connectivity index (χ0v) is 17.8. The zero-order chi connectivity index (χ0) is 20.9. The van der Waals surface area contributed by atoms with E-state index in [2.05, 4.69) is 11.4 Å². The van der Waals surface area contributed by atoms with Gasteiger partial charge in [0.1, 0.15) is 0 Å². The number of hydrogen-bond acceptors (Lipinski definition) is 3. The van der Waals surface area contributed by atoms with Crippen LogP contribution in [0.3, 0.4) is 0 Å². The van der Waals surface area contributed by atoms with Gasteiger partial charge < -0.3 is 5.32 Å². The fourth-order valence-corrected chi connectivity index (χ4v) is 5.07. The first kappa shape index (κ1) is 21.3. The summed E-state index contributed by atoms with van der Waals surface area (Å²) in [5.74, 6) is 0.167. The molecule has 0 bridgehead atoms. The Labute approximate surface area is 173 Å². The minimum absolute atomic E-state index is 0.121. The van der Waals surface area contributed by atoms with Crippen molar-refractivity contribution in [1.82, 2.24) is 9.62 Å². The van der Waals surface area contributed by atoms with Crippen LogP contribution in [0.25, 0.3) is 6.08 Å². The van der Waals surface area contributed by atoms with Crippen LogP contribution in [0.15, 0.2) is 59.5 Å². The van der Waals surface area contributed by atoms with E-state index in [1.807, 2.05) is 38.1 Å². The molecule has 0 aromatic heterocycles. The van der Waals surface area contributed by atoms with Crippen LogP contribution in [0, 0.1) is 19.8 Å². The number of nitrogens with one attached hydrogen (secondary N) is 1. The van der Waals surface area contributed by atoms with Crippen molar-refractivity contribution in [3.05, 3.63) is 71.3 Å². The highest BCUT2D eigenvalue weighted by Crippen LogP contribution is 2.23. The van der Waals surface area contributed by atoms with Gasteiger partial charge in [0.2, 0.25) is 15.9 Å². The summed E-state index contributed by atoms with van der Waals surface area (Å²) in [6, 6.07) is 14.7. The van der Waals surface area contributed by atoms with Crippen molar-refractivity contribution in [3.8, 4) is 0 Å². The molecule has 1 fully saturated rings. The molecule has 1 amide bonds. The second kappa shape index (κ2) is 9.37. The van der Waals surface area contributed by atoms with Gasteiger partial charge in [0, 0.05) is 25.7 Å². The summed E-state index contributed by atoms with van der Waals surface area (Å²) in [6.45, 7) is 5.60. The van der Waals surface area contributed by atoms with E-state index in [-0.39, 0.29) is 11.8 Å².